The Labute approximate surface area is 159 Å². The molecule has 144 valence electrons. The van der Waals surface area contributed by atoms with Crippen molar-refractivity contribution in [3.8, 4) is 11.5 Å². The van der Waals surface area contributed by atoms with Crippen LogP contribution < -0.4 is 10.2 Å². The van der Waals surface area contributed by atoms with E-state index in [-0.39, 0.29) is 5.75 Å². The molecule has 1 aliphatic heterocycles. The molecule has 27 heavy (non-hydrogen) atoms. The Morgan fingerprint density at radius 2 is 1.89 bits per heavy atom. The zero-order chi connectivity index (χ0) is 19.1. The van der Waals surface area contributed by atoms with Crippen molar-refractivity contribution in [3.63, 3.8) is 0 Å². The van der Waals surface area contributed by atoms with Gasteiger partial charge in [0.2, 0.25) is 5.43 Å². The summed E-state index contributed by atoms with van der Waals surface area (Å²) in [4.78, 5) is 16.2. The highest BCUT2D eigenvalue weighted by Gasteiger charge is 2.12. The Morgan fingerprint density at radius 1 is 1.15 bits per heavy atom. The molecule has 0 saturated carbocycles. The first kappa shape index (κ1) is 19.2. The molecule has 6 nitrogen and oxygen atoms in total. The van der Waals surface area contributed by atoms with Gasteiger partial charge in [-0.15, -0.1) is 0 Å². The molecule has 0 aliphatic carbocycles. The Balaban J connectivity index is 1.42. The minimum absolute atomic E-state index is 0.388. The molecule has 1 N–H and O–H groups in total. The lowest BCUT2D eigenvalue weighted by atomic mass is 10.2. The Morgan fingerprint density at radius 3 is 2.59 bits per heavy atom. The second kappa shape index (κ2) is 9.39. The summed E-state index contributed by atoms with van der Waals surface area (Å²) in [6, 6.07) is 9.02. The van der Waals surface area contributed by atoms with Gasteiger partial charge in [0.25, 0.3) is 0 Å². The van der Waals surface area contributed by atoms with Crippen molar-refractivity contribution in [2.24, 2.45) is 0 Å². The summed E-state index contributed by atoms with van der Waals surface area (Å²) in [6.07, 6.45) is 5.59. The highest BCUT2D eigenvalue weighted by atomic mass is 16.5. The minimum atomic E-state index is -0.457. The van der Waals surface area contributed by atoms with Crippen LogP contribution in [0.25, 0.3) is 12.2 Å². The molecule has 3 rings (SSSR count). The van der Waals surface area contributed by atoms with Gasteiger partial charge in [-0.05, 0) is 37.2 Å². The molecule has 0 atom stereocenters. The van der Waals surface area contributed by atoms with Crippen LogP contribution in [0.2, 0.25) is 0 Å². The predicted octanol–water partition coefficient (Wildman–Crippen LogP) is 2.53. The summed E-state index contributed by atoms with van der Waals surface area (Å²) in [7, 11) is 2.17. The van der Waals surface area contributed by atoms with Crippen LogP contribution in [-0.2, 0) is 0 Å². The molecule has 0 amide bonds. The maximum atomic E-state index is 11.4. The molecule has 6 heteroatoms. The first-order valence-corrected chi connectivity index (χ1v) is 9.24. The monoisotopic (exact) mass is 370 g/mol. The van der Waals surface area contributed by atoms with E-state index in [1.54, 1.807) is 6.08 Å². The second-order valence-corrected chi connectivity index (χ2v) is 6.78. The minimum Gasteiger partial charge on any atom is -0.502 e. The smallest absolute Gasteiger partial charge is 0.227 e. The van der Waals surface area contributed by atoms with Gasteiger partial charge in [-0.3, -0.25) is 4.79 Å². The SMILES string of the molecule is CN1CCN(CCCOc2ccc(/C=C/c3cc(=O)c(O)co3)cc2)CC1. The summed E-state index contributed by atoms with van der Waals surface area (Å²) in [5.41, 5.74) is 0.511. The third-order valence-corrected chi connectivity index (χ3v) is 4.64. The average molecular weight is 370 g/mol. The highest BCUT2D eigenvalue weighted by Crippen LogP contribution is 2.15. The van der Waals surface area contributed by atoms with Crippen molar-refractivity contribution in [1.82, 2.24) is 9.80 Å². The fourth-order valence-corrected chi connectivity index (χ4v) is 2.91. The van der Waals surface area contributed by atoms with Crippen LogP contribution in [0.1, 0.15) is 17.7 Å². The first-order chi connectivity index (χ1) is 13.1. The number of benzene rings is 1. The van der Waals surface area contributed by atoms with E-state index in [4.69, 9.17) is 9.15 Å². The molecule has 2 heterocycles. The maximum absolute atomic E-state index is 11.4. The molecule has 0 bridgehead atoms. The zero-order valence-corrected chi connectivity index (χ0v) is 15.6. The molecule has 1 aromatic heterocycles. The highest BCUT2D eigenvalue weighted by molar-refractivity contribution is 5.67. The van der Waals surface area contributed by atoms with Gasteiger partial charge >= 0.3 is 0 Å². The average Bonchev–Trinajstić information content (AvgIpc) is 2.68. The van der Waals surface area contributed by atoms with E-state index in [1.807, 2.05) is 30.3 Å². The van der Waals surface area contributed by atoms with Gasteiger partial charge in [-0.1, -0.05) is 18.2 Å². The van der Waals surface area contributed by atoms with Crippen molar-refractivity contribution in [2.45, 2.75) is 6.42 Å². The second-order valence-electron chi connectivity index (χ2n) is 6.78. The summed E-state index contributed by atoms with van der Waals surface area (Å²) >= 11 is 0. The van der Waals surface area contributed by atoms with E-state index < -0.39 is 5.43 Å². The molecular weight excluding hydrogens is 344 g/mol. The molecule has 1 aromatic carbocycles. The molecule has 0 unspecified atom stereocenters. The summed E-state index contributed by atoms with van der Waals surface area (Å²) in [5, 5.41) is 9.18. The summed E-state index contributed by atoms with van der Waals surface area (Å²) in [5.74, 6) is 0.852. The lowest BCUT2D eigenvalue weighted by molar-refractivity contribution is 0.145. The van der Waals surface area contributed by atoms with Crippen molar-refractivity contribution < 1.29 is 14.3 Å². The number of hydrogen-bond acceptors (Lipinski definition) is 6. The molecule has 1 fully saturated rings. The van der Waals surface area contributed by atoms with Gasteiger partial charge in [-0.25, -0.2) is 0 Å². The topological polar surface area (TPSA) is 66.2 Å². The van der Waals surface area contributed by atoms with Gasteiger partial charge in [-0.2, -0.15) is 0 Å². The van der Waals surface area contributed by atoms with E-state index in [0.29, 0.717) is 12.4 Å². The number of likely N-dealkylation sites (N-methyl/N-ethyl adjacent to an activating group) is 1. The van der Waals surface area contributed by atoms with Crippen LogP contribution in [-0.4, -0.2) is 61.3 Å². The van der Waals surface area contributed by atoms with Crippen LogP contribution in [0.4, 0.5) is 0 Å². The number of ether oxygens (including phenoxy) is 1. The molecule has 0 spiro atoms. The Hall–Kier alpha value is -2.57. The van der Waals surface area contributed by atoms with E-state index in [2.05, 4.69) is 16.8 Å². The largest absolute Gasteiger partial charge is 0.502 e. The van der Waals surface area contributed by atoms with Gasteiger partial charge in [0.1, 0.15) is 17.8 Å². The number of rotatable bonds is 7. The summed E-state index contributed by atoms with van der Waals surface area (Å²) < 4.78 is 11.0. The number of hydrogen-bond donors (Lipinski definition) is 1. The van der Waals surface area contributed by atoms with E-state index in [0.717, 1.165) is 56.7 Å². The zero-order valence-electron chi connectivity index (χ0n) is 15.6. The third kappa shape index (κ3) is 5.98. The van der Waals surface area contributed by atoms with Gasteiger partial charge in [0.05, 0.1) is 6.61 Å². The van der Waals surface area contributed by atoms with Crippen molar-refractivity contribution in [3.05, 3.63) is 58.1 Å². The van der Waals surface area contributed by atoms with Crippen LogP contribution in [0, 0.1) is 0 Å². The lowest BCUT2D eigenvalue weighted by Gasteiger charge is -2.32. The van der Waals surface area contributed by atoms with Crippen LogP contribution in [0.15, 0.2) is 45.8 Å². The Bertz CT molecular complexity index is 806. The molecular formula is C21H26N2O4. The fraction of sp³-hybridized carbons (Fsp3) is 0.381. The van der Waals surface area contributed by atoms with Crippen LogP contribution in [0.5, 0.6) is 11.5 Å². The molecule has 1 aliphatic rings. The molecule has 1 saturated heterocycles. The quantitative estimate of drug-likeness (QED) is 0.756. The van der Waals surface area contributed by atoms with Crippen LogP contribution in [0.3, 0.4) is 0 Å². The fourth-order valence-electron chi connectivity index (χ4n) is 2.91. The predicted molar refractivity (Wildman–Crippen MR) is 106 cm³/mol. The van der Waals surface area contributed by atoms with E-state index in [9.17, 15) is 9.90 Å². The van der Waals surface area contributed by atoms with Gasteiger partial charge in [0, 0.05) is 38.8 Å². The molecule has 2 aromatic rings. The van der Waals surface area contributed by atoms with Gasteiger partial charge in [0.15, 0.2) is 5.75 Å². The molecule has 0 radical (unpaired) electrons. The van der Waals surface area contributed by atoms with Crippen molar-refractivity contribution in [2.75, 3.05) is 46.4 Å². The lowest BCUT2D eigenvalue weighted by Crippen LogP contribution is -2.44. The maximum Gasteiger partial charge on any atom is 0.227 e. The van der Waals surface area contributed by atoms with Crippen LogP contribution >= 0.6 is 0 Å². The van der Waals surface area contributed by atoms with Crippen molar-refractivity contribution >= 4 is 12.2 Å². The number of aromatic hydroxyl groups is 1. The number of nitrogens with zero attached hydrogens (tertiary/aromatic N) is 2. The normalized spacial score (nSPS) is 16.0. The standard InChI is InChI=1S/C21H26N2O4/c1-22-10-12-23(13-11-22)9-2-14-26-18-6-3-17(4-7-18)5-8-19-15-20(24)21(25)16-27-19/h3-8,15-16,25H,2,9-14H2,1H3/b8-5+. The van der Waals surface area contributed by atoms with E-state index >= 15 is 0 Å². The third-order valence-electron chi connectivity index (χ3n) is 4.64. The van der Waals surface area contributed by atoms with Crippen molar-refractivity contribution in [1.29, 1.82) is 0 Å². The number of piperazine rings is 1. The summed E-state index contributed by atoms with van der Waals surface area (Å²) in [6.45, 7) is 6.34. The van der Waals surface area contributed by atoms with E-state index in [1.165, 1.54) is 6.07 Å². The van der Waals surface area contributed by atoms with Gasteiger partial charge < -0.3 is 24.1 Å². The first-order valence-electron chi connectivity index (χ1n) is 9.24. The Kier molecular flexibility index (Phi) is 6.68.